The molecule has 0 amide bonds. The molecule has 1 aliphatic heterocycles. The fourth-order valence-corrected chi connectivity index (χ4v) is 3.80. The number of fused-ring (bicyclic) bond motifs is 1. The Morgan fingerprint density at radius 2 is 2.20 bits per heavy atom. The second-order valence-electron chi connectivity index (χ2n) is 6.67. The highest BCUT2D eigenvalue weighted by molar-refractivity contribution is 7.99. The van der Waals surface area contributed by atoms with Gasteiger partial charge in [0.2, 0.25) is 0 Å². The molecule has 0 bridgehead atoms. The topological polar surface area (TPSA) is 32.3 Å². The van der Waals surface area contributed by atoms with Crippen molar-refractivity contribution >= 4 is 11.8 Å². The van der Waals surface area contributed by atoms with E-state index in [2.05, 4.69) is 26.1 Å². The number of rotatable bonds is 4. The fraction of sp³-hybridized carbons (Fsp3) is 0.625. The second-order valence-corrected chi connectivity index (χ2v) is 7.78. The minimum absolute atomic E-state index is 0.119. The molecule has 1 aliphatic rings. The summed E-state index contributed by atoms with van der Waals surface area (Å²) in [7, 11) is 0. The zero-order valence-electron chi connectivity index (χ0n) is 12.4. The van der Waals surface area contributed by atoms with Gasteiger partial charge in [-0.15, -0.1) is 11.8 Å². The number of hydrogen-bond acceptors (Lipinski definition) is 3. The molecule has 2 atom stereocenters. The maximum atomic E-state index is 13.8. The Bertz CT molecular complexity index is 458. The third-order valence-electron chi connectivity index (χ3n) is 3.47. The van der Waals surface area contributed by atoms with Crippen LogP contribution in [0.5, 0.6) is 0 Å². The average Bonchev–Trinajstić information content (AvgIpc) is 2.35. The van der Waals surface area contributed by atoms with Crippen LogP contribution in [0, 0.1) is 11.2 Å². The summed E-state index contributed by atoms with van der Waals surface area (Å²) in [6, 6.07) is 5.41. The Morgan fingerprint density at radius 3 is 2.90 bits per heavy atom. The van der Waals surface area contributed by atoms with Crippen molar-refractivity contribution < 1.29 is 9.50 Å². The van der Waals surface area contributed by atoms with Gasteiger partial charge in [-0.25, -0.2) is 4.39 Å². The lowest BCUT2D eigenvalue weighted by molar-refractivity contribution is 0.116. The lowest BCUT2D eigenvalue weighted by Gasteiger charge is -2.28. The van der Waals surface area contributed by atoms with Gasteiger partial charge in [0, 0.05) is 17.5 Å². The Morgan fingerprint density at radius 1 is 1.45 bits per heavy atom. The second kappa shape index (κ2) is 6.46. The molecule has 2 unspecified atom stereocenters. The number of hydrogen-bond donors (Lipinski definition) is 2. The lowest BCUT2D eigenvalue weighted by Crippen LogP contribution is -2.34. The van der Waals surface area contributed by atoms with Crippen LogP contribution in [0.3, 0.4) is 0 Å². The highest BCUT2D eigenvalue weighted by Crippen LogP contribution is 2.37. The summed E-state index contributed by atoms with van der Waals surface area (Å²) in [6.45, 7) is 6.93. The molecule has 2 N–H and O–H groups in total. The van der Waals surface area contributed by atoms with Gasteiger partial charge in [-0.1, -0.05) is 32.9 Å². The molecular formula is C16H24FNOS. The number of halogens is 1. The van der Waals surface area contributed by atoms with Crippen LogP contribution < -0.4 is 5.32 Å². The first-order chi connectivity index (χ1) is 9.37. The molecule has 4 heteroatoms. The van der Waals surface area contributed by atoms with Crippen molar-refractivity contribution in [3.05, 3.63) is 29.6 Å². The molecular weight excluding hydrogens is 273 g/mol. The van der Waals surface area contributed by atoms with Crippen molar-refractivity contribution in [2.24, 2.45) is 5.41 Å². The summed E-state index contributed by atoms with van der Waals surface area (Å²) >= 11 is 1.59. The summed E-state index contributed by atoms with van der Waals surface area (Å²) in [5, 5.41) is 13.5. The van der Waals surface area contributed by atoms with Crippen molar-refractivity contribution in [1.29, 1.82) is 0 Å². The normalized spacial score (nSPS) is 20.6. The van der Waals surface area contributed by atoms with Crippen LogP contribution in [-0.2, 0) is 0 Å². The highest BCUT2D eigenvalue weighted by Gasteiger charge is 2.24. The van der Waals surface area contributed by atoms with Gasteiger partial charge in [0.15, 0.2) is 0 Å². The van der Waals surface area contributed by atoms with E-state index in [0.717, 1.165) is 29.1 Å². The van der Waals surface area contributed by atoms with Crippen LogP contribution in [0.2, 0.25) is 0 Å². The minimum atomic E-state index is -0.360. The molecule has 1 aromatic rings. The molecule has 112 valence electrons. The van der Waals surface area contributed by atoms with Crippen LogP contribution in [0.15, 0.2) is 23.1 Å². The van der Waals surface area contributed by atoms with Crippen molar-refractivity contribution in [3.8, 4) is 0 Å². The molecule has 1 aromatic carbocycles. The van der Waals surface area contributed by atoms with Crippen LogP contribution in [-0.4, -0.2) is 23.5 Å². The molecule has 0 saturated heterocycles. The Labute approximate surface area is 125 Å². The summed E-state index contributed by atoms with van der Waals surface area (Å²) in [4.78, 5) is 0.765. The number of aliphatic hydroxyl groups excluding tert-OH is 1. The number of benzene rings is 1. The van der Waals surface area contributed by atoms with E-state index in [9.17, 15) is 9.50 Å². The summed E-state index contributed by atoms with van der Waals surface area (Å²) in [5.74, 6) is 0.787. The van der Waals surface area contributed by atoms with Gasteiger partial charge in [0.05, 0.1) is 6.10 Å². The Kier molecular flexibility index (Phi) is 5.10. The predicted octanol–water partition coefficient (Wildman–Crippen LogP) is 3.75. The minimum Gasteiger partial charge on any atom is -0.392 e. The van der Waals surface area contributed by atoms with E-state index in [1.807, 2.05) is 6.07 Å². The van der Waals surface area contributed by atoms with Crippen molar-refractivity contribution in [1.82, 2.24) is 5.32 Å². The quantitative estimate of drug-likeness (QED) is 0.888. The van der Waals surface area contributed by atoms with Crippen LogP contribution in [0.4, 0.5) is 4.39 Å². The van der Waals surface area contributed by atoms with E-state index >= 15 is 0 Å². The van der Waals surface area contributed by atoms with E-state index in [1.165, 1.54) is 6.07 Å². The van der Waals surface area contributed by atoms with E-state index in [-0.39, 0.29) is 23.4 Å². The van der Waals surface area contributed by atoms with Gasteiger partial charge in [-0.05, 0) is 35.6 Å². The van der Waals surface area contributed by atoms with Gasteiger partial charge >= 0.3 is 0 Å². The van der Waals surface area contributed by atoms with Gasteiger partial charge in [0.1, 0.15) is 5.82 Å². The van der Waals surface area contributed by atoms with Gasteiger partial charge in [-0.2, -0.15) is 0 Å². The Balaban J connectivity index is 1.97. The molecule has 2 nitrogen and oxygen atoms in total. The summed E-state index contributed by atoms with van der Waals surface area (Å²) < 4.78 is 13.8. The lowest BCUT2D eigenvalue weighted by atomic mass is 9.89. The first-order valence-electron chi connectivity index (χ1n) is 7.19. The monoisotopic (exact) mass is 297 g/mol. The van der Waals surface area contributed by atoms with Gasteiger partial charge < -0.3 is 10.4 Å². The van der Waals surface area contributed by atoms with Crippen LogP contribution in [0.25, 0.3) is 0 Å². The number of nitrogens with one attached hydrogen (secondary N) is 1. The SMILES string of the molecule is CC(C)(C)CC(O)CNC1CCSc2c(F)cccc21. The van der Waals surface area contributed by atoms with E-state index in [0.29, 0.717) is 6.54 Å². The predicted molar refractivity (Wildman–Crippen MR) is 82.6 cm³/mol. The third kappa shape index (κ3) is 4.21. The highest BCUT2D eigenvalue weighted by atomic mass is 32.2. The standard InChI is InChI=1S/C16H24FNOS/c1-16(2,3)9-11(19)10-18-14-7-8-20-15-12(14)5-4-6-13(15)17/h4-6,11,14,18-19H,7-10H2,1-3H3. The van der Waals surface area contributed by atoms with E-state index in [4.69, 9.17) is 0 Å². The summed E-state index contributed by atoms with van der Waals surface area (Å²) in [5.41, 5.74) is 1.15. The molecule has 0 spiro atoms. The first-order valence-corrected chi connectivity index (χ1v) is 8.18. The average molecular weight is 297 g/mol. The Hall–Kier alpha value is -0.580. The molecule has 20 heavy (non-hydrogen) atoms. The van der Waals surface area contributed by atoms with E-state index in [1.54, 1.807) is 17.8 Å². The largest absolute Gasteiger partial charge is 0.392 e. The van der Waals surface area contributed by atoms with Crippen molar-refractivity contribution in [2.75, 3.05) is 12.3 Å². The molecule has 0 aliphatic carbocycles. The molecule has 1 heterocycles. The maximum Gasteiger partial charge on any atom is 0.137 e. The number of thioether (sulfide) groups is 1. The molecule has 2 rings (SSSR count). The maximum absolute atomic E-state index is 13.8. The fourth-order valence-electron chi connectivity index (χ4n) is 2.66. The first kappa shape index (κ1) is 15.8. The van der Waals surface area contributed by atoms with Crippen LogP contribution in [0.1, 0.15) is 45.2 Å². The number of aliphatic hydroxyl groups is 1. The van der Waals surface area contributed by atoms with E-state index < -0.39 is 0 Å². The molecule has 0 aromatic heterocycles. The molecule has 0 radical (unpaired) electrons. The van der Waals surface area contributed by atoms with Gasteiger partial charge in [0.25, 0.3) is 0 Å². The summed E-state index contributed by atoms with van der Waals surface area (Å²) in [6.07, 6.45) is 1.38. The van der Waals surface area contributed by atoms with Gasteiger partial charge in [-0.3, -0.25) is 0 Å². The molecule has 0 fully saturated rings. The smallest absolute Gasteiger partial charge is 0.137 e. The third-order valence-corrected chi connectivity index (χ3v) is 4.63. The van der Waals surface area contributed by atoms with Crippen LogP contribution >= 0.6 is 11.8 Å². The van der Waals surface area contributed by atoms with Crippen molar-refractivity contribution in [2.45, 2.75) is 50.7 Å². The molecule has 0 saturated carbocycles. The zero-order chi connectivity index (χ0) is 14.8. The van der Waals surface area contributed by atoms with Crippen molar-refractivity contribution in [3.63, 3.8) is 0 Å². The zero-order valence-corrected chi connectivity index (χ0v) is 13.3.